The van der Waals surface area contributed by atoms with Gasteiger partial charge in [0.1, 0.15) is 6.61 Å². The topological polar surface area (TPSA) is 134 Å². The lowest BCUT2D eigenvalue weighted by Gasteiger charge is -2.19. The Morgan fingerprint density at radius 1 is 0.585 bits per heavy atom. The maximum Gasteiger partial charge on any atom is 0.472 e. The van der Waals surface area contributed by atoms with E-state index in [-0.39, 0.29) is 32.6 Å². The number of phosphoric ester groups is 1. The molecule has 0 radical (unpaired) electrons. The highest BCUT2D eigenvalue weighted by Gasteiger charge is 2.25. The third-order valence-corrected chi connectivity index (χ3v) is 9.06. The smallest absolute Gasteiger partial charge is 0.462 e. The number of allylic oxidation sites excluding steroid dienone is 12. The Labute approximate surface area is 322 Å². The van der Waals surface area contributed by atoms with Crippen LogP contribution in [0.2, 0.25) is 0 Å². The van der Waals surface area contributed by atoms with Gasteiger partial charge in [0.2, 0.25) is 0 Å². The van der Waals surface area contributed by atoms with Crippen molar-refractivity contribution in [2.45, 2.75) is 161 Å². The van der Waals surface area contributed by atoms with Gasteiger partial charge in [-0.1, -0.05) is 132 Å². The molecule has 0 spiro atoms. The first kappa shape index (κ1) is 50.5. The Morgan fingerprint density at radius 2 is 1.04 bits per heavy atom. The van der Waals surface area contributed by atoms with E-state index in [1.54, 1.807) is 0 Å². The fourth-order valence-corrected chi connectivity index (χ4v) is 5.83. The SMILES string of the molecule is CC/C=C\C/C=C\C/C=C\CCCCCCCC(=O)OC[C@H](COP(=O)(O)OCCN)OC(=O)CCCCCC/C=C\C/C=C\C/C=C\CCCCC. The van der Waals surface area contributed by atoms with Crippen molar-refractivity contribution in [1.82, 2.24) is 0 Å². The van der Waals surface area contributed by atoms with Crippen LogP contribution in [0.3, 0.4) is 0 Å². The highest BCUT2D eigenvalue weighted by atomic mass is 31.2. The molecule has 0 rings (SSSR count). The van der Waals surface area contributed by atoms with Crippen LogP contribution in [0.4, 0.5) is 0 Å². The number of hydrogen-bond donors (Lipinski definition) is 2. The molecule has 1 unspecified atom stereocenters. The molecule has 0 aliphatic rings. The van der Waals surface area contributed by atoms with E-state index in [0.717, 1.165) is 89.9 Å². The molecule has 10 heteroatoms. The van der Waals surface area contributed by atoms with Crippen molar-refractivity contribution >= 4 is 19.8 Å². The number of nitrogens with two attached hydrogens (primary N) is 1. The quantitative estimate of drug-likeness (QED) is 0.0274. The highest BCUT2D eigenvalue weighted by molar-refractivity contribution is 7.47. The fraction of sp³-hybridized carbons (Fsp3) is 0.674. The van der Waals surface area contributed by atoms with Gasteiger partial charge in [-0.05, 0) is 83.5 Å². The number of esters is 2. The van der Waals surface area contributed by atoms with Gasteiger partial charge in [0, 0.05) is 19.4 Å². The molecule has 0 bridgehead atoms. The van der Waals surface area contributed by atoms with Gasteiger partial charge >= 0.3 is 19.8 Å². The van der Waals surface area contributed by atoms with Crippen molar-refractivity contribution in [3.8, 4) is 0 Å². The minimum Gasteiger partial charge on any atom is -0.462 e. The first-order valence-electron chi connectivity index (χ1n) is 20.4. The molecule has 0 aromatic heterocycles. The van der Waals surface area contributed by atoms with E-state index < -0.39 is 32.5 Å². The first-order chi connectivity index (χ1) is 25.8. The van der Waals surface area contributed by atoms with Crippen molar-refractivity contribution in [3.63, 3.8) is 0 Å². The zero-order valence-electron chi connectivity index (χ0n) is 33.2. The van der Waals surface area contributed by atoms with E-state index in [0.29, 0.717) is 12.8 Å². The number of carbonyl (C=O) groups excluding carboxylic acids is 2. The Bertz CT molecular complexity index is 1100. The van der Waals surface area contributed by atoms with E-state index in [9.17, 15) is 19.0 Å². The average molecular weight is 764 g/mol. The second-order valence-corrected chi connectivity index (χ2v) is 14.6. The normalized spacial score (nSPS) is 14.1. The van der Waals surface area contributed by atoms with E-state index in [1.165, 1.54) is 25.7 Å². The molecule has 0 aromatic carbocycles. The lowest BCUT2D eigenvalue weighted by atomic mass is 10.1. The van der Waals surface area contributed by atoms with Crippen LogP contribution in [-0.4, -0.2) is 49.3 Å². The number of unbranched alkanes of at least 4 members (excludes halogenated alkanes) is 12. The molecule has 0 amide bonds. The van der Waals surface area contributed by atoms with E-state index >= 15 is 0 Å². The Balaban J connectivity index is 4.28. The summed E-state index contributed by atoms with van der Waals surface area (Å²) in [6.07, 6.45) is 46.4. The molecule has 0 fully saturated rings. The molecular formula is C43H74NO8P. The summed E-state index contributed by atoms with van der Waals surface area (Å²) in [5.41, 5.74) is 5.34. The molecule has 0 saturated heterocycles. The fourth-order valence-electron chi connectivity index (χ4n) is 5.07. The summed E-state index contributed by atoms with van der Waals surface area (Å²) >= 11 is 0. The Kier molecular flexibility index (Phi) is 37.3. The Hall–Kier alpha value is -2.55. The van der Waals surface area contributed by atoms with Gasteiger partial charge in [-0.25, -0.2) is 4.57 Å². The highest BCUT2D eigenvalue weighted by Crippen LogP contribution is 2.43. The average Bonchev–Trinajstić information content (AvgIpc) is 3.14. The molecule has 0 aliphatic heterocycles. The van der Waals surface area contributed by atoms with Crippen molar-refractivity contribution < 1.29 is 37.6 Å². The molecule has 0 saturated carbocycles. The molecule has 304 valence electrons. The first-order valence-corrected chi connectivity index (χ1v) is 21.9. The van der Waals surface area contributed by atoms with Crippen molar-refractivity contribution in [3.05, 3.63) is 72.9 Å². The maximum absolute atomic E-state index is 12.6. The molecule has 0 heterocycles. The van der Waals surface area contributed by atoms with Crippen molar-refractivity contribution in [2.24, 2.45) is 5.73 Å². The molecule has 3 N–H and O–H groups in total. The molecule has 9 nitrogen and oxygen atoms in total. The minimum absolute atomic E-state index is 0.0431. The van der Waals surface area contributed by atoms with Gasteiger partial charge in [-0.15, -0.1) is 0 Å². The van der Waals surface area contributed by atoms with E-state index in [4.69, 9.17) is 24.3 Å². The van der Waals surface area contributed by atoms with Crippen LogP contribution in [-0.2, 0) is 32.7 Å². The van der Waals surface area contributed by atoms with Gasteiger partial charge < -0.3 is 20.1 Å². The van der Waals surface area contributed by atoms with Crippen LogP contribution < -0.4 is 5.73 Å². The van der Waals surface area contributed by atoms with Gasteiger partial charge in [0.25, 0.3) is 0 Å². The number of rotatable bonds is 37. The summed E-state index contributed by atoms with van der Waals surface area (Å²) in [5, 5.41) is 0. The Morgan fingerprint density at radius 3 is 1.55 bits per heavy atom. The summed E-state index contributed by atoms with van der Waals surface area (Å²) in [6, 6.07) is 0. The number of ether oxygens (including phenoxy) is 2. The molecule has 0 aliphatic carbocycles. The largest absolute Gasteiger partial charge is 0.472 e. The second kappa shape index (κ2) is 39.2. The standard InChI is InChI=1S/C43H74NO8P/c1-3-5-7-9-11-13-15-17-19-20-22-24-26-28-30-32-34-36-43(46)52-41(40-51-53(47,48)50-38-37-44)39-49-42(45)35-33-31-29-27-25-23-21-18-16-14-12-10-8-6-4-2/h6,8,11-14,17-19,21-22,24,41H,3-5,7,9-10,15-16,20,23,25-40,44H2,1-2H3,(H,47,48)/b8-6-,13-11-,14-12-,19-17-,21-18-,24-22-/t41-/m1/s1. The number of phosphoric acid groups is 1. The summed E-state index contributed by atoms with van der Waals surface area (Å²) in [4.78, 5) is 34.8. The van der Waals surface area contributed by atoms with Gasteiger partial charge in [-0.3, -0.25) is 18.6 Å². The summed E-state index contributed by atoms with van der Waals surface area (Å²) in [7, 11) is -4.39. The summed E-state index contributed by atoms with van der Waals surface area (Å²) in [5.74, 6) is -0.881. The van der Waals surface area contributed by atoms with Crippen LogP contribution in [0.25, 0.3) is 0 Å². The van der Waals surface area contributed by atoms with Crippen molar-refractivity contribution in [1.29, 1.82) is 0 Å². The summed E-state index contributed by atoms with van der Waals surface area (Å²) in [6.45, 7) is 3.52. The predicted octanol–water partition coefficient (Wildman–Crippen LogP) is 11.5. The zero-order chi connectivity index (χ0) is 38.9. The van der Waals surface area contributed by atoms with E-state index in [1.807, 2.05) is 0 Å². The van der Waals surface area contributed by atoms with Gasteiger partial charge in [0.05, 0.1) is 13.2 Å². The lowest BCUT2D eigenvalue weighted by Crippen LogP contribution is -2.29. The molecule has 0 aromatic rings. The summed E-state index contributed by atoms with van der Waals surface area (Å²) < 4.78 is 32.7. The molecule has 53 heavy (non-hydrogen) atoms. The molecule has 2 atom stereocenters. The third kappa shape index (κ3) is 39.0. The van der Waals surface area contributed by atoms with E-state index in [2.05, 4.69) is 86.8 Å². The number of carbonyl (C=O) groups is 2. The number of hydrogen-bond acceptors (Lipinski definition) is 8. The van der Waals surface area contributed by atoms with Crippen LogP contribution >= 0.6 is 7.82 Å². The van der Waals surface area contributed by atoms with Crippen LogP contribution in [0.15, 0.2) is 72.9 Å². The van der Waals surface area contributed by atoms with Crippen molar-refractivity contribution in [2.75, 3.05) is 26.4 Å². The monoisotopic (exact) mass is 764 g/mol. The maximum atomic E-state index is 12.6. The third-order valence-electron chi connectivity index (χ3n) is 8.08. The second-order valence-electron chi connectivity index (χ2n) is 13.1. The van der Waals surface area contributed by atoms with Crippen LogP contribution in [0.5, 0.6) is 0 Å². The van der Waals surface area contributed by atoms with Gasteiger partial charge in [-0.2, -0.15) is 0 Å². The predicted molar refractivity (Wildman–Crippen MR) is 219 cm³/mol. The van der Waals surface area contributed by atoms with Crippen LogP contribution in [0, 0.1) is 0 Å². The lowest BCUT2D eigenvalue weighted by molar-refractivity contribution is -0.161. The minimum atomic E-state index is -4.39. The molecular weight excluding hydrogens is 689 g/mol. The van der Waals surface area contributed by atoms with Gasteiger partial charge in [0.15, 0.2) is 6.10 Å². The zero-order valence-corrected chi connectivity index (χ0v) is 34.1. The van der Waals surface area contributed by atoms with Crippen LogP contribution in [0.1, 0.15) is 155 Å².